The Kier molecular flexibility index (Phi) is 10.8. The molecule has 0 saturated heterocycles. The van der Waals surface area contributed by atoms with E-state index in [9.17, 15) is 4.79 Å². The summed E-state index contributed by atoms with van der Waals surface area (Å²) in [6.45, 7) is 8.45. The van der Waals surface area contributed by atoms with Crippen LogP contribution in [-0.2, 0) is 13.6 Å². The molecule has 13 heavy (non-hydrogen) atoms. The van der Waals surface area contributed by atoms with Crippen LogP contribution in [0.5, 0.6) is 0 Å². The summed E-state index contributed by atoms with van der Waals surface area (Å²) < 4.78 is 10.9. The predicted molar refractivity (Wildman–Crippen MR) is 54.3 cm³/mol. The van der Waals surface area contributed by atoms with E-state index >= 15 is 0 Å². The third kappa shape index (κ3) is 8.17. The molecule has 0 saturated carbocycles. The number of rotatable bonds is 5. The first-order chi connectivity index (χ1) is 5.54. The molecule has 0 unspecified atom stereocenters. The molecule has 0 bridgehead atoms. The third-order valence-electron chi connectivity index (χ3n) is 1.14. The molecule has 0 rings (SSSR count). The zero-order valence-electron chi connectivity index (χ0n) is 10.0. The second-order valence-corrected chi connectivity index (χ2v) is 8.24. The maximum Gasteiger partial charge on any atom is 1.00 e. The summed E-state index contributed by atoms with van der Waals surface area (Å²) in [5.74, 6) is 0. The van der Waals surface area contributed by atoms with Crippen molar-refractivity contribution in [3.63, 3.8) is 0 Å². The second kappa shape index (κ2) is 8.46. The Bertz CT molecular complexity index is 156. The largest absolute Gasteiger partial charge is 1.00 e. The van der Waals surface area contributed by atoms with Gasteiger partial charge in [-0.2, -0.15) is 0 Å². The van der Waals surface area contributed by atoms with Crippen LogP contribution in [0.3, 0.4) is 0 Å². The van der Waals surface area contributed by atoms with Gasteiger partial charge in [0.2, 0.25) is 0 Å². The minimum atomic E-state index is -2.25. The summed E-state index contributed by atoms with van der Waals surface area (Å²) in [6, 6.07) is 0. The van der Waals surface area contributed by atoms with Crippen molar-refractivity contribution in [2.45, 2.75) is 27.3 Å². The fraction of sp³-hybridized carbons (Fsp3) is 0.857. The van der Waals surface area contributed by atoms with Gasteiger partial charge in [-0.15, -0.1) is 0 Å². The molecule has 0 aromatic carbocycles. The average molecular weight is 232 g/mol. The van der Waals surface area contributed by atoms with Gasteiger partial charge in [0, 0.05) is 20.1 Å². The summed E-state index contributed by atoms with van der Waals surface area (Å²) >= 11 is 1.21. The van der Waals surface area contributed by atoms with E-state index < -0.39 is 7.71 Å². The standard InChI is InChI=1S/C7H16O3SSi.Na.H/c1-5-9-12(4,10-6-2)11-7(3)8;;/h5-6H2,1-4H3;;/q;+1;-1. The first-order valence-corrected chi connectivity index (χ1v) is 7.87. The van der Waals surface area contributed by atoms with Crippen molar-refractivity contribution in [1.29, 1.82) is 0 Å². The zero-order valence-corrected chi connectivity index (χ0v) is 12.9. The van der Waals surface area contributed by atoms with Crippen molar-refractivity contribution >= 4 is 24.0 Å². The molecule has 0 aliphatic heterocycles. The molecule has 0 fully saturated rings. The van der Waals surface area contributed by atoms with Gasteiger partial charge in [-0.3, -0.25) is 4.79 Å². The first kappa shape index (κ1) is 16.6. The molecule has 0 heterocycles. The Balaban J connectivity index is -0.000000605. The molecule has 0 N–H and O–H groups in total. The molecule has 3 nitrogen and oxygen atoms in total. The van der Waals surface area contributed by atoms with Gasteiger partial charge in [0.15, 0.2) is 5.12 Å². The van der Waals surface area contributed by atoms with Crippen LogP contribution in [0, 0.1) is 0 Å². The van der Waals surface area contributed by atoms with Crippen LogP contribution in [0.1, 0.15) is 22.2 Å². The van der Waals surface area contributed by atoms with Gasteiger partial charge in [0.1, 0.15) is 0 Å². The zero-order chi connectivity index (χ0) is 9.61. The summed E-state index contributed by atoms with van der Waals surface area (Å²) in [4.78, 5) is 10.8. The Morgan fingerprint density at radius 2 is 1.77 bits per heavy atom. The summed E-state index contributed by atoms with van der Waals surface area (Å²) in [5.41, 5.74) is 0. The fourth-order valence-corrected chi connectivity index (χ4v) is 5.29. The van der Waals surface area contributed by atoms with Gasteiger partial charge < -0.3 is 10.3 Å². The van der Waals surface area contributed by atoms with E-state index in [0.717, 1.165) is 0 Å². The van der Waals surface area contributed by atoms with E-state index in [4.69, 9.17) is 8.85 Å². The van der Waals surface area contributed by atoms with Crippen LogP contribution in [0.4, 0.5) is 0 Å². The van der Waals surface area contributed by atoms with Crippen LogP contribution in [0.2, 0.25) is 6.55 Å². The van der Waals surface area contributed by atoms with Gasteiger partial charge in [-0.1, -0.05) is 11.2 Å². The molecule has 0 spiro atoms. The molecule has 0 aliphatic rings. The molecular formula is C7H17NaO3SSi. The molecular weight excluding hydrogens is 215 g/mol. The molecule has 0 atom stereocenters. The van der Waals surface area contributed by atoms with Crippen LogP contribution in [0.15, 0.2) is 0 Å². The summed E-state index contributed by atoms with van der Waals surface area (Å²) in [6.07, 6.45) is 0. The minimum Gasteiger partial charge on any atom is -1.00 e. The Morgan fingerprint density at radius 3 is 2.00 bits per heavy atom. The third-order valence-corrected chi connectivity index (χ3v) is 6.11. The Morgan fingerprint density at radius 1 is 1.38 bits per heavy atom. The molecule has 6 heteroatoms. The average Bonchev–Trinajstić information content (AvgIpc) is 1.85. The van der Waals surface area contributed by atoms with Crippen molar-refractivity contribution in [3.8, 4) is 0 Å². The number of carbonyl (C=O) groups excluding carboxylic acids is 1. The van der Waals surface area contributed by atoms with Crippen LogP contribution in [-0.4, -0.2) is 26.0 Å². The Hall–Kier alpha value is 1.16. The maximum absolute atomic E-state index is 10.8. The maximum atomic E-state index is 10.8. The van der Waals surface area contributed by atoms with Crippen LogP contribution < -0.4 is 29.6 Å². The molecule has 74 valence electrons. The topological polar surface area (TPSA) is 35.5 Å². The van der Waals surface area contributed by atoms with Crippen molar-refractivity contribution in [2.75, 3.05) is 13.2 Å². The minimum absolute atomic E-state index is 0. The smallest absolute Gasteiger partial charge is 1.00 e. The van der Waals surface area contributed by atoms with E-state index in [1.165, 1.54) is 18.1 Å². The van der Waals surface area contributed by atoms with Crippen LogP contribution in [0.25, 0.3) is 0 Å². The monoisotopic (exact) mass is 232 g/mol. The SMILES string of the molecule is CCO[Si](C)(OCC)SC(C)=O.[H-].[Na+]. The van der Waals surface area contributed by atoms with E-state index in [0.29, 0.717) is 13.2 Å². The molecule has 0 aliphatic carbocycles. The summed E-state index contributed by atoms with van der Waals surface area (Å²) in [7, 11) is -2.25. The van der Waals surface area contributed by atoms with Crippen molar-refractivity contribution in [2.24, 2.45) is 0 Å². The van der Waals surface area contributed by atoms with Gasteiger partial charge in [0.25, 0.3) is 0 Å². The van der Waals surface area contributed by atoms with E-state index in [2.05, 4.69) is 0 Å². The van der Waals surface area contributed by atoms with Crippen molar-refractivity contribution < 1.29 is 44.6 Å². The summed E-state index contributed by atoms with van der Waals surface area (Å²) in [5, 5.41) is 0.0612. The number of carbonyl (C=O) groups is 1. The fourth-order valence-electron chi connectivity index (χ4n) is 0.886. The van der Waals surface area contributed by atoms with Gasteiger partial charge >= 0.3 is 37.3 Å². The first-order valence-electron chi connectivity index (χ1n) is 4.01. The number of hydrogen-bond acceptors (Lipinski definition) is 4. The van der Waals surface area contributed by atoms with E-state index in [1.807, 2.05) is 20.4 Å². The number of hydrogen-bond donors (Lipinski definition) is 0. The van der Waals surface area contributed by atoms with Crippen molar-refractivity contribution in [3.05, 3.63) is 0 Å². The van der Waals surface area contributed by atoms with E-state index in [-0.39, 0.29) is 36.1 Å². The van der Waals surface area contributed by atoms with Crippen LogP contribution >= 0.6 is 11.2 Å². The predicted octanol–water partition coefficient (Wildman–Crippen LogP) is -0.976. The molecule has 0 aromatic rings. The normalized spacial score (nSPS) is 10.8. The quantitative estimate of drug-likeness (QED) is 0.571. The molecule has 0 aromatic heterocycles. The van der Waals surface area contributed by atoms with Crippen molar-refractivity contribution in [1.82, 2.24) is 0 Å². The van der Waals surface area contributed by atoms with Gasteiger partial charge in [-0.05, 0) is 20.4 Å². The second-order valence-electron chi connectivity index (χ2n) is 2.32. The van der Waals surface area contributed by atoms with Gasteiger partial charge in [0.05, 0.1) is 0 Å². The molecule has 0 radical (unpaired) electrons. The van der Waals surface area contributed by atoms with E-state index in [1.54, 1.807) is 0 Å². The van der Waals surface area contributed by atoms with Gasteiger partial charge in [-0.25, -0.2) is 0 Å². The molecule has 0 amide bonds. The Labute approximate surface area is 109 Å².